The minimum Gasteiger partial charge on any atom is -0.355 e. The Kier molecular flexibility index (Phi) is 15.9. The molecule has 2 amide bonds. The molecule has 4 nitrogen and oxygen atoms in total. The predicted octanol–water partition coefficient (Wildman–Crippen LogP) is 3.28. The number of carbonyl (C=O) groups excluding carboxylic acids is 2. The van der Waals surface area contributed by atoms with Crippen molar-refractivity contribution in [3.8, 4) is 0 Å². The van der Waals surface area contributed by atoms with Crippen molar-refractivity contribution < 1.29 is 9.59 Å². The summed E-state index contributed by atoms with van der Waals surface area (Å²) in [6.07, 6.45) is 7.26. The smallest absolute Gasteiger partial charge is 0.235 e. The molecule has 0 aliphatic carbocycles. The highest BCUT2D eigenvalue weighted by Gasteiger charge is 2.19. The summed E-state index contributed by atoms with van der Waals surface area (Å²) < 4.78 is 2.66. The van der Waals surface area contributed by atoms with Crippen molar-refractivity contribution in [2.75, 3.05) is 23.8 Å². The van der Waals surface area contributed by atoms with Crippen LogP contribution in [-0.2, 0) is 9.59 Å². The maximum Gasteiger partial charge on any atom is 0.235 e. The zero-order chi connectivity index (χ0) is 16.6. The van der Waals surface area contributed by atoms with Crippen LogP contribution < -0.4 is 10.0 Å². The van der Waals surface area contributed by atoms with Crippen molar-refractivity contribution in [1.29, 1.82) is 0 Å². The Balaban J connectivity index is 3.90. The summed E-state index contributed by atoms with van der Waals surface area (Å²) in [6, 6.07) is 0. The zero-order valence-electron chi connectivity index (χ0n) is 13.7. The zero-order valence-corrected chi connectivity index (χ0v) is 16.3. The van der Waals surface area contributed by atoms with Gasteiger partial charge in [-0.1, -0.05) is 39.0 Å². The van der Waals surface area contributed by atoms with Crippen molar-refractivity contribution >= 4 is 48.2 Å². The van der Waals surface area contributed by atoms with Gasteiger partial charge in [-0.25, -0.2) is 0 Å². The summed E-state index contributed by atoms with van der Waals surface area (Å²) in [5, 5.41) is 2.74. The first-order valence-corrected chi connectivity index (χ1v) is 10.7. The van der Waals surface area contributed by atoms with Crippen molar-refractivity contribution in [3.05, 3.63) is 0 Å². The van der Waals surface area contributed by atoms with Crippen LogP contribution in [0.3, 0.4) is 0 Å². The molecule has 0 spiro atoms. The third-order valence-corrected chi connectivity index (χ3v) is 5.84. The van der Waals surface area contributed by atoms with E-state index in [0.29, 0.717) is 5.75 Å². The van der Waals surface area contributed by atoms with E-state index in [1.54, 1.807) is 11.8 Å². The predicted molar refractivity (Wildman–Crippen MR) is 103 cm³/mol. The third kappa shape index (κ3) is 13.6. The summed E-state index contributed by atoms with van der Waals surface area (Å²) in [7, 11) is 0. The fourth-order valence-corrected chi connectivity index (χ4v) is 3.91. The first-order valence-electron chi connectivity index (χ1n) is 8.00. The Morgan fingerprint density at radius 2 is 1.82 bits per heavy atom. The molecular weight excluding hydrogens is 336 g/mol. The molecule has 1 atom stereocenters. The Morgan fingerprint density at radius 3 is 2.45 bits per heavy atom. The molecule has 0 aromatic heterocycles. The van der Waals surface area contributed by atoms with Crippen LogP contribution >= 0.6 is 36.3 Å². The summed E-state index contributed by atoms with van der Waals surface area (Å²) >= 11 is 7.06. The standard InChI is InChI=1S/C15H30N2O2S3/c1-3-4-5-6-7-8-9-16-15(19)14(12-21-11-10-20)22-17-13(2)18/h14,20H,3-12H2,1-2H3,(H,16,19)(H,17,18). The highest BCUT2D eigenvalue weighted by molar-refractivity contribution is 8.03. The number of rotatable bonds is 14. The van der Waals surface area contributed by atoms with Gasteiger partial charge in [-0.3, -0.25) is 14.3 Å². The molecule has 2 N–H and O–H groups in total. The monoisotopic (exact) mass is 366 g/mol. The van der Waals surface area contributed by atoms with E-state index in [1.165, 1.54) is 44.6 Å². The largest absolute Gasteiger partial charge is 0.355 e. The average Bonchev–Trinajstić information content (AvgIpc) is 2.49. The van der Waals surface area contributed by atoms with Gasteiger partial charge in [0.25, 0.3) is 0 Å². The van der Waals surface area contributed by atoms with Crippen LogP contribution in [0.15, 0.2) is 0 Å². The van der Waals surface area contributed by atoms with Crippen LogP contribution in [0.5, 0.6) is 0 Å². The lowest BCUT2D eigenvalue weighted by Crippen LogP contribution is -2.37. The van der Waals surface area contributed by atoms with E-state index >= 15 is 0 Å². The van der Waals surface area contributed by atoms with Crippen LogP contribution in [0.2, 0.25) is 0 Å². The minimum absolute atomic E-state index is 0.0129. The molecule has 22 heavy (non-hydrogen) atoms. The first kappa shape index (κ1) is 22.0. The van der Waals surface area contributed by atoms with E-state index in [1.807, 2.05) is 0 Å². The molecule has 7 heteroatoms. The van der Waals surface area contributed by atoms with E-state index < -0.39 is 0 Å². The summed E-state index contributed by atoms with van der Waals surface area (Å²) in [6.45, 7) is 4.39. The molecule has 0 saturated heterocycles. The van der Waals surface area contributed by atoms with Gasteiger partial charge in [0.15, 0.2) is 0 Å². The fraction of sp³-hybridized carbons (Fsp3) is 0.867. The third-order valence-electron chi connectivity index (χ3n) is 2.97. The number of carbonyl (C=O) groups is 2. The van der Waals surface area contributed by atoms with Gasteiger partial charge in [-0.2, -0.15) is 24.4 Å². The van der Waals surface area contributed by atoms with Crippen LogP contribution in [0, 0.1) is 0 Å². The summed E-state index contributed by atoms with van der Waals surface area (Å²) in [5.74, 6) is 2.28. The van der Waals surface area contributed by atoms with Gasteiger partial charge in [0, 0.05) is 25.0 Å². The lowest BCUT2D eigenvalue weighted by atomic mass is 10.1. The Hall–Kier alpha value is -0.0100. The van der Waals surface area contributed by atoms with Gasteiger partial charge < -0.3 is 5.32 Å². The number of hydrogen-bond acceptors (Lipinski definition) is 5. The molecular formula is C15H30N2O2S3. The second-order valence-corrected chi connectivity index (χ2v) is 7.73. The molecule has 0 aliphatic rings. The van der Waals surface area contributed by atoms with E-state index in [9.17, 15) is 9.59 Å². The van der Waals surface area contributed by atoms with Crippen molar-refractivity contribution in [3.63, 3.8) is 0 Å². The molecule has 0 heterocycles. The second-order valence-electron chi connectivity index (χ2n) is 5.12. The van der Waals surface area contributed by atoms with E-state index in [0.717, 1.165) is 30.9 Å². The molecule has 0 aromatic rings. The van der Waals surface area contributed by atoms with Gasteiger partial charge in [-0.05, 0) is 24.1 Å². The Labute approximate surface area is 149 Å². The van der Waals surface area contributed by atoms with Gasteiger partial charge in [0.1, 0.15) is 5.25 Å². The van der Waals surface area contributed by atoms with Gasteiger partial charge in [0.05, 0.1) is 0 Å². The molecule has 0 radical (unpaired) electrons. The van der Waals surface area contributed by atoms with Gasteiger partial charge >= 0.3 is 0 Å². The molecule has 1 unspecified atom stereocenters. The number of unbranched alkanes of at least 4 members (excludes halogenated alkanes) is 5. The number of nitrogens with one attached hydrogen (secondary N) is 2. The molecule has 0 fully saturated rings. The maximum absolute atomic E-state index is 12.2. The Morgan fingerprint density at radius 1 is 1.14 bits per heavy atom. The molecule has 0 aromatic carbocycles. The molecule has 0 rings (SSSR count). The molecule has 0 aliphatic heterocycles. The molecule has 0 bridgehead atoms. The quantitative estimate of drug-likeness (QED) is 0.251. The Bertz CT molecular complexity index is 305. The van der Waals surface area contributed by atoms with E-state index in [2.05, 4.69) is 29.6 Å². The van der Waals surface area contributed by atoms with E-state index in [4.69, 9.17) is 0 Å². The number of thiol groups is 1. The van der Waals surface area contributed by atoms with Crippen LogP contribution in [0.4, 0.5) is 0 Å². The van der Waals surface area contributed by atoms with Crippen molar-refractivity contribution in [2.24, 2.45) is 0 Å². The fourth-order valence-electron chi connectivity index (χ4n) is 1.80. The van der Waals surface area contributed by atoms with Crippen LogP contribution in [-0.4, -0.2) is 40.9 Å². The number of amides is 2. The minimum atomic E-state index is -0.242. The topological polar surface area (TPSA) is 58.2 Å². The molecule has 130 valence electrons. The SMILES string of the molecule is CCCCCCCCNC(=O)C(CSCCS)SNC(C)=O. The normalized spacial score (nSPS) is 12.0. The second kappa shape index (κ2) is 15.9. The number of thioether (sulfide) groups is 1. The first-order chi connectivity index (χ1) is 10.6. The van der Waals surface area contributed by atoms with Crippen LogP contribution in [0.1, 0.15) is 52.4 Å². The lowest BCUT2D eigenvalue weighted by Gasteiger charge is -2.15. The summed E-state index contributed by atoms with van der Waals surface area (Å²) in [5.41, 5.74) is 0. The highest BCUT2D eigenvalue weighted by Crippen LogP contribution is 2.15. The average molecular weight is 367 g/mol. The maximum atomic E-state index is 12.2. The number of hydrogen-bond donors (Lipinski definition) is 3. The highest BCUT2D eigenvalue weighted by atomic mass is 32.2. The van der Waals surface area contributed by atoms with Gasteiger partial charge in [0.2, 0.25) is 11.8 Å². The van der Waals surface area contributed by atoms with Crippen molar-refractivity contribution in [2.45, 2.75) is 57.6 Å². The van der Waals surface area contributed by atoms with E-state index in [-0.39, 0.29) is 17.1 Å². The lowest BCUT2D eigenvalue weighted by molar-refractivity contribution is -0.120. The van der Waals surface area contributed by atoms with Crippen molar-refractivity contribution in [1.82, 2.24) is 10.0 Å². The van der Waals surface area contributed by atoms with Gasteiger partial charge in [-0.15, -0.1) is 0 Å². The van der Waals surface area contributed by atoms with Crippen LogP contribution in [0.25, 0.3) is 0 Å². The summed E-state index contributed by atoms with van der Waals surface area (Å²) in [4.78, 5) is 23.2. The molecule has 0 saturated carbocycles.